The fourth-order valence-electron chi connectivity index (χ4n) is 4.83. The van der Waals surface area contributed by atoms with Gasteiger partial charge in [-0.2, -0.15) is 5.26 Å². The van der Waals surface area contributed by atoms with Crippen LogP contribution in [-0.4, -0.2) is 27.6 Å². The highest BCUT2D eigenvalue weighted by molar-refractivity contribution is 5.97. The lowest BCUT2D eigenvalue weighted by Crippen LogP contribution is -2.35. The van der Waals surface area contributed by atoms with Crippen LogP contribution < -0.4 is 15.6 Å². The molecule has 0 saturated heterocycles. The lowest BCUT2D eigenvalue weighted by atomic mass is 10.0. The predicted molar refractivity (Wildman–Crippen MR) is 154 cm³/mol. The van der Waals surface area contributed by atoms with Gasteiger partial charge in [0.15, 0.2) is 5.69 Å². The topological polar surface area (TPSA) is 113 Å². The first-order valence-corrected chi connectivity index (χ1v) is 12.6. The molecule has 0 saturated carbocycles. The summed E-state index contributed by atoms with van der Waals surface area (Å²) in [6.07, 6.45) is 0. The van der Waals surface area contributed by atoms with E-state index >= 15 is 0 Å². The molecule has 0 fully saturated rings. The first kappa shape index (κ1) is 24.6. The maximum absolute atomic E-state index is 14.3. The first-order chi connectivity index (χ1) is 19.6. The SMILES string of the molecule is COc1ccc(NC(=O)C(c2ccc(C#N)cc2)n2c(=O)c(-c3cc4ccccc4[nH]3)nc3ccccc32)cc1. The van der Waals surface area contributed by atoms with E-state index in [0.717, 1.165) is 10.9 Å². The molecule has 8 nitrogen and oxygen atoms in total. The molecule has 2 aromatic heterocycles. The quantitative estimate of drug-likeness (QED) is 0.292. The Balaban J connectivity index is 1.56. The molecule has 1 amide bonds. The van der Waals surface area contributed by atoms with Crippen LogP contribution in [0.5, 0.6) is 5.75 Å². The number of nitriles is 1. The highest BCUT2D eigenvalue weighted by atomic mass is 16.5. The Morgan fingerprint density at radius 3 is 2.42 bits per heavy atom. The zero-order valence-corrected chi connectivity index (χ0v) is 21.5. The lowest BCUT2D eigenvalue weighted by molar-refractivity contribution is -0.118. The second-order valence-corrected chi connectivity index (χ2v) is 9.25. The number of aromatic amines is 1. The van der Waals surface area contributed by atoms with E-state index in [4.69, 9.17) is 9.72 Å². The first-order valence-electron chi connectivity index (χ1n) is 12.6. The summed E-state index contributed by atoms with van der Waals surface area (Å²) >= 11 is 0. The van der Waals surface area contributed by atoms with Crippen molar-refractivity contribution in [2.24, 2.45) is 0 Å². The average molecular weight is 526 g/mol. The van der Waals surface area contributed by atoms with E-state index in [1.54, 1.807) is 67.8 Å². The Morgan fingerprint density at radius 1 is 0.975 bits per heavy atom. The van der Waals surface area contributed by atoms with Crippen molar-refractivity contribution in [3.05, 3.63) is 125 Å². The molecule has 0 aliphatic rings. The second kappa shape index (κ2) is 10.2. The summed E-state index contributed by atoms with van der Waals surface area (Å²) in [5.41, 5.74) is 3.81. The number of ether oxygens (including phenoxy) is 1. The standard InChI is InChI=1S/C32H23N5O3/c1-40-24-16-14-23(15-17-24)34-31(38)30(21-12-10-20(19-33)11-13-21)37-28-9-5-4-8-26(28)36-29(32(37)39)27-18-22-6-2-3-7-25(22)35-27/h2-18,30,35H,1H3,(H,34,38). The van der Waals surface area contributed by atoms with Gasteiger partial charge in [0.1, 0.15) is 11.8 Å². The van der Waals surface area contributed by atoms with Crippen molar-refractivity contribution in [3.8, 4) is 23.2 Å². The predicted octanol–water partition coefficient (Wildman–Crippen LogP) is 5.65. The van der Waals surface area contributed by atoms with Gasteiger partial charge >= 0.3 is 0 Å². The number of para-hydroxylation sites is 3. The van der Waals surface area contributed by atoms with Crippen molar-refractivity contribution in [1.29, 1.82) is 5.26 Å². The molecule has 6 aromatic rings. The van der Waals surface area contributed by atoms with E-state index in [9.17, 15) is 14.9 Å². The van der Waals surface area contributed by atoms with E-state index in [2.05, 4.69) is 16.4 Å². The lowest BCUT2D eigenvalue weighted by Gasteiger charge is -2.22. The number of hydrogen-bond donors (Lipinski definition) is 2. The van der Waals surface area contributed by atoms with Crippen LogP contribution in [0.25, 0.3) is 33.3 Å². The van der Waals surface area contributed by atoms with Gasteiger partial charge in [0, 0.05) is 16.6 Å². The Hall–Kier alpha value is -5.68. The van der Waals surface area contributed by atoms with E-state index < -0.39 is 17.5 Å². The summed E-state index contributed by atoms with van der Waals surface area (Å²) in [7, 11) is 1.57. The third-order valence-corrected chi connectivity index (χ3v) is 6.80. The molecule has 0 aliphatic heterocycles. The molecule has 2 N–H and O–H groups in total. The number of nitrogens with zero attached hydrogens (tertiary/aromatic N) is 3. The molecule has 40 heavy (non-hydrogen) atoms. The van der Waals surface area contributed by atoms with Crippen LogP contribution >= 0.6 is 0 Å². The molecule has 1 unspecified atom stereocenters. The summed E-state index contributed by atoms with van der Waals surface area (Å²) in [6.45, 7) is 0. The minimum atomic E-state index is -1.06. The van der Waals surface area contributed by atoms with Crippen LogP contribution in [0.15, 0.2) is 108 Å². The number of fused-ring (bicyclic) bond motifs is 2. The molecule has 2 heterocycles. The number of anilines is 1. The molecular formula is C32H23N5O3. The largest absolute Gasteiger partial charge is 0.497 e. The average Bonchev–Trinajstić information content (AvgIpc) is 3.43. The Labute approximate surface area is 229 Å². The zero-order valence-electron chi connectivity index (χ0n) is 21.5. The highest BCUT2D eigenvalue weighted by Crippen LogP contribution is 2.28. The number of hydrogen-bond acceptors (Lipinski definition) is 5. The number of amides is 1. The molecule has 0 radical (unpaired) electrons. The monoisotopic (exact) mass is 525 g/mol. The van der Waals surface area contributed by atoms with Crippen molar-refractivity contribution < 1.29 is 9.53 Å². The highest BCUT2D eigenvalue weighted by Gasteiger charge is 2.28. The molecule has 8 heteroatoms. The summed E-state index contributed by atoms with van der Waals surface area (Å²) < 4.78 is 6.70. The molecule has 1 atom stereocenters. The zero-order chi connectivity index (χ0) is 27.6. The summed E-state index contributed by atoms with van der Waals surface area (Å²) in [6, 6.07) is 31.5. The van der Waals surface area contributed by atoms with Crippen molar-refractivity contribution in [2.45, 2.75) is 6.04 Å². The summed E-state index contributed by atoms with van der Waals surface area (Å²) in [4.78, 5) is 36.3. The van der Waals surface area contributed by atoms with E-state index in [1.165, 1.54) is 4.57 Å². The van der Waals surface area contributed by atoms with Crippen molar-refractivity contribution in [1.82, 2.24) is 14.5 Å². The third kappa shape index (κ3) is 4.46. The summed E-state index contributed by atoms with van der Waals surface area (Å²) in [5.74, 6) is 0.233. The number of carbonyl (C=O) groups excluding carboxylic acids is 1. The summed E-state index contributed by atoms with van der Waals surface area (Å²) in [5, 5.41) is 13.2. The fraction of sp³-hybridized carbons (Fsp3) is 0.0625. The maximum atomic E-state index is 14.3. The molecule has 0 spiro atoms. The van der Waals surface area contributed by atoms with Gasteiger partial charge in [0.25, 0.3) is 11.5 Å². The molecule has 0 bridgehead atoms. The van der Waals surface area contributed by atoms with Crippen LogP contribution in [0.2, 0.25) is 0 Å². The molecular weight excluding hydrogens is 502 g/mol. The van der Waals surface area contributed by atoms with Crippen molar-refractivity contribution >= 4 is 33.5 Å². The fourth-order valence-corrected chi connectivity index (χ4v) is 4.83. The number of benzene rings is 4. The van der Waals surface area contributed by atoms with Crippen LogP contribution in [0.1, 0.15) is 17.2 Å². The molecule has 194 valence electrons. The van der Waals surface area contributed by atoms with E-state index in [0.29, 0.717) is 39.3 Å². The van der Waals surface area contributed by atoms with Crippen molar-refractivity contribution in [3.63, 3.8) is 0 Å². The molecule has 0 aliphatic carbocycles. The van der Waals surface area contributed by atoms with Crippen LogP contribution in [0.3, 0.4) is 0 Å². The minimum Gasteiger partial charge on any atom is -0.497 e. The van der Waals surface area contributed by atoms with Crippen molar-refractivity contribution in [2.75, 3.05) is 12.4 Å². The van der Waals surface area contributed by atoms with E-state index in [-0.39, 0.29) is 5.69 Å². The van der Waals surface area contributed by atoms with Crippen LogP contribution in [0.4, 0.5) is 5.69 Å². The van der Waals surface area contributed by atoms with Gasteiger partial charge in [-0.25, -0.2) is 4.98 Å². The van der Waals surface area contributed by atoms with Gasteiger partial charge in [-0.15, -0.1) is 0 Å². The van der Waals surface area contributed by atoms with Crippen LogP contribution in [-0.2, 0) is 4.79 Å². The maximum Gasteiger partial charge on any atom is 0.280 e. The Bertz CT molecular complexity index is 1930. The molecule has 6 rings (SSSR count). The number of nitrogens with one attached hydrogen (secondary N) is 2. The second-order valence-electron chi connectivity index (χ2n) is 9.25. The number of aromatic nitrogens is 3. The van der Waals surface area contributed by atoms with E-state index in [1.807, 2.05) is 42.5 Å². The normalized spacial score (nSPS) is 11.7. The number of H-pyrrole nitrogens is 1. The number of rotatable bonds is 6. The Morgan fingerprint density at radius 2 is 1.70 bits per heavy atom. The number of carbonyl (C=O) groups is 1. The third-order valence-electron chi connectivity index (χ3n) is 6.80. The number of methoxy groups -OCH3 is 1. The van der Waals surface area contributed by atoms with Gasteiger partial charge < -0.3 is 15.0 Å². The van der Waals surface area contributed by atoms with Crippen LogP contribution in [0, 0.1) is 11.3 Å². The smallest absolute Gasteiger partial charge is 0.280 e. The van der Waals surface area contributed by atoms with Gasteiger partial charge in [-0.1, -0.05) is 42.5 Å². The van der Waals surface area contributed by atoms with Gasteiger partial charge in [-0.05, 0) is 66.2 Å². The molecule has 4 aromatic carbocycles. The van der Waals surface area contributed by atoms with Gasteiger partial charge in [-0.3, -0.25) is 14.2 Å². The van der Waals surface area contributed by atoms with Gasteiger partial charge in [0.05, 0.1) is 35.5 Å². The Kier molecular flexibility index (Phi) is 6.30. The minimum absolute atomic E-state index is 0.200. The van der Waals surface area contributed by atoms with Gasteiger partial charge in [0.2, 0.25) is 0 Å².